The molecule has 0 radical (unpaired) electrons. The van der Waals surface area contributed by atoms with E-state index in [1.807, 2.05) is 26.0 Å². The number of hydrogen-bond acceptors (Lipinski definition) is 6. The van der Waals surface area contributed by atoms with Crippen LogP contribution in [0.25, 0.3) is 0 Å². The fraction of sp³-hybridized carbons (Fsp3) is 0.364. The highest BCUT2D eigenvalue weighted by molar-refractivity contribution is 7.89. The smallest absolute Gasteiger partial charge is 0.338 e. The fourth-order valence-corrected chi connectivity index (χ4v) is 5.06. The molecule has 1 N–H and O–H groups in total. The number of aryl methyl sites for hydroxylation is 1. The molecule has 1 heterocycles. The first-order chi connectivity index (χ1) is 14.7. The number of benzene rings is 2. The van der Waals surface area contributed by atoms with E-state index >= 15 is 0 Å². The molecule has 0 aliphatic carbocycles. The van der Waals surface area contributed by atoms with E-state index in [1.165, 1.54) is 29.6 Å². The number of rotatable bonds is 7. The van der Waals surface area contributed by atoms with Crippen molar-refractivity contribution in [3.63, 3.8) is 0 Å². The summed E-state index contributed by atoms with van der Waals surface area (Å²) in [5.41, 5.74) is 2.62. The zero-order valence-electron chi connectivity index (χ0n) is 17.8. The van der Waals surface area contributed by atoms with Gasteiger partial charge in [0.2, 0.25) is 10.0 Å². The quantitative estimate of drug-likeness (QED) is 0.656. The Bertz CT molecular complexity index is 1090. The lowest BCUT2D eigenvalue weighted by atomic mass is 10.1. The summed E-state index contributed by atoms with van der Waals surface area (Å²) in [7, 11) is -2.43. The lowest BCUT2D eigenvalue weighted by Crippen LogP contribution is -2.28. The van der Waals surface area contributed by atoms with Crippen LogP contribution in [0.5, 0.6) is 5.75 Å². The van der Waals surface area contributed by atoms with Crippen molar-refractivity contribution in [2.45, 2.75) is 31.6 Å². The molecule has 2 aromatic rings. The molecule has 31 heavy (non-hydrogen) atoms. The Morgan fingerprint density at radius 2 is 1.81 bits per heavy atom. The topological polar surface area (TPSA) is 102 Å². The molecule has 166 valence electrons. The van der Waals surface area contributed by atoms with Crippen LogP contribution < -0.4 is 10.1 Å². The molecular weight excluding hydrogens is 420 g/mol. The molecular formula is C22H26N2O6S. The number of hydrogen-bond donors (Lipinski definition) is 1. The number of sulfonamides is 1. The van der Waals surface area contributed by atoms with E-state index in [9.17, 15) is 18.0 Å². The van der Waals surface area contributed by atoms with Gasteiger partial charge in [0.05, 0.1) is 12.7 Å². The Hall–Kier alpha value is -2.91. The van der Waals surface area contributed by atoms with Crippen LogP contribution in [-0.2, 0) is 19.6 Å². The number of esters is 1. The van der Waals surface area contributed by atoms with E-state index in [4.69, 9.17) is 9.47 Å². The van der Waals surface area contributed by atoms with Gasteiger partial charge in [-0.15, -0.1) is 0 Å². The van der Waals surface area contributed by atoms with E-state index in [0.29, 0.717) is 18.8 Å². The summed E-state index contributed by atoms with van der Waals surface area (Å²) in [5.74, 6) is -1.13. The summed E-state index contributed by atoms with van der Waals surface area (Å²) in [6.07, 6.45) is 1.58. The van der Waals surface area contributed by atoms with Gasteiger partial charge in [0.25, 0.3) is 5.91 Å². The van der Waals surface area contributed by atoms with Crippen LogP contribution in [0.4, 0.5) is 5.69 Å². The SMILES string of the molecule is COc1ccc(C(=O)OCC(=O)Nc2cccc(C)c2C)cc1S(=O)(=O)N1CCCC1. The van der Waals surface area contributed by atoms with Crippen molar-refractivity contribution in [2.75, 3.05) is 32.1 Å². The van der Waals surface area contributed by atoms with Crippen molar-refractivity contribution >= 4 is 27.6 Å². The summed E-state index contributed by atoms with van der Waals surface area (Å²) in [5, 5.41) is 2.71. The highest BCUT2D eigenvalue weighted by Gasteiger charge is 2.31. The number of carbonyl (C=O) groups is 2. The summed E-state index contributed by atoms with van der Waals surface area (Å²) >= 11 is 0. The van der Waals surface area contributed by atoms with E-state index < -0.39 is 28.5 Å². The first kappa shape index (κ1) is 22.8. The highest BCUT2D eigenvalue weighted by atomic mass is 32.2. The van der Waals surface area contributed by atoms with Crippen LogP contribution in [0.15, 0.2) is 41.3 Å². The number of carbonyl (C=O) groups excluding carboxylic acids is 2. The van der Waals surface area contributed by atoms with Gasteiger partial charge in [0, 0.05) is 18.8 Å². The summed E-state index contributed by atoms with van der Waals surface area (Å²) in [4.78, 5) is 24.6. The standard InChI is InChI=1S/C22H26N2O6S/c1-15-7-6-8-18(16(15)2)23-21(25)14-30-22(26)17-9-10-19(29-3)20(13-17)31(27,28)24-11-4-5-12-24/h6-10,13H,4-5,11-12,14H2,1-3H3,(H,23,25). The molecule has 0 bridgehead atoms. The van der Waals surface area contributed by atoms with Gasteiger partial charge < -0.3 is 14.8 Å². The third-order valence-corrected chi connectivity index (χ3v) is 7.22. The zero-order chi connectivity index (χ0) is 22.6. The average molecular weight is 447 g/mol. The Balaban J connectivity index is 1.71. The molecule has 0 spiro atoms. The van der Waals surface area contributed by atoms with Crippen molar-refractivity contribution < 1.29 is 27.5 Å². The number of ether oxygens (including phenoxy) is 2. The van der Waals surface area contributed by atoms with Crippen molar-refractivity contribution in [1.82, 2.24) is 4.31 Å². The molecule has 0 aromatic heterocycles. The highest BCUT2D eigenvalue weighted by Crippen LogP contribution is 2.30. The lowest BCUT2D eigenvalue weighted by Gasteiger charge is -2.18. The minimum Gasteiger partial charge on any atom is -0.495 e. The third-order valence-electron chi connectivity index (χ3n) is 5.30. The number of methoxy groups -OCH3 is 1. The van der Waals surface area contributed by atoms with Crippen LogP contribution in [0.3, 0.4) is 0 Å². The summed E-state index contributed by atoms with van der Waals surface area (Å²) < 4.78 is 37.6. The predicted molar refractivity (Wildman–Crippen MR) is 116 cm³/mol. The van der Waals surface area contributed by atoms with Crippen LogP contribution in [0, 0.1) is 13.8 Å². The Kier molecular flexibility index (Phi) is 6.97. The summed E-state index contributed by atoms with van der Waals surface area (Å²) in [6.45, 7) is 4.18. The first-order valence-electron chi connectivity index (χ1n) is 9.95. The monoisotopic (exact) mass is 446 g/mol. The Labute approximate surface area is 182 Å². The molecule has 0 unspecified atom stereocenters. The normalized spacial score (nSPS) is 14.3. The number of nitrogens with zero attached hydrogens (tertiary/aromatic N) is 1. The maximum absolute atomic E-state index is 12.9. The van der Waals surface area contributed by atoms with Crippen molar-refractivity contribution in [1.29, 1.82) is 0 Å². The minimum absolute atomic E-state index is 0.0260. The van der Waals surface area contributed by atoms with Gasteiger partial charge in [-0.3, -0.25) is 4.79 Å². The van der Waals surface area contributed by atoms with Crippen LogP contribution >= 0.6 is 0 Å². The lowest BCUT2D eigenvalue weighted by molar-refractivity contribution is -0.119. The van der Waals surface area contributed by atoms with E-state index in [2.05, 4.69) is 5.32 Å². The second-order valence-corrected chi connectivity index (χ2v) is 9.25. The molecule has 0 saturated carbocycles. The first-order valence-corrected chi connectivity index (χ1v) is 11.4. The van der Waals surface area contributed by atoms with Gasteiger partial charge in [-0.2, -0.15) is 4.31 Å². The largest absolute Gasteiger partial charge is 0.495 e. The van der Waals surface area contributed by atoms with Crippen LogP contribution in [-0.4, -0.2) is 51.4 Å². The van der Waals surface area contributed by atoms with Gasteiger partial charge in [-0.1, -0.05) is 12.1 Å². The molecule has 0 atom stereocenters. The molecule has 9 heteroatoms. The second kappa shape index (κ2) is 9.49. The number of nitrogens with one attached hydrogen (secondary N) is 1. The maximum atomic E-state index is 12.9. The maximum Gasteiger partial charge on any atom is 0.338 e. The van der Waals surface area contributed by atoms with Crippen molar-refractivity contribution in [3.05, 3.63) is 53.1 Å². The molecule has 3 rings (SSSR count). The molecule has 1 fully saturated rings. The van der Waals surface area contributed by atoms with Crippen molar-refractivity contribution in [2.24, 2.45) is 0 Å². The number of amides is 1. The van der Waals surface area contributed by atoms with Gasteiger partial charge in [-0.05, 0) is 62.1 Å². The Morgan fingerprint density at radius 3 is 2.48 bits per heavy atom. The van der Waals surface area contributed by atoms with Crippen LogP contribution in [0.1, 0.15) is 34.3 Å². The van der Waals surface area contributed by atoms with Gasteiger partial charge in [0.1, 0.15) is 10.6 Å². The summed E-state index contributed by atoms with van der Waals surface area (Å²) in [6, 6.07) is 9.58. The predicted octanol–water partition coefficient (Wildman–Crippen LogP) is 2.89. The molecule has 1 amide bonds. The fourth-order valence-electron chi connectivity index (χ4n) is 3.36. The molecule has 8 nitrogen and oxygen atoms in total. The zero-order valence-corrected chi connectivity index (χ0v) is 18.6. The van der Waals surface area contributed by atoms with Gasteiger partial charge >= 0.3 is 5.97 Å². The molecule has 1 aliphatic heterocycles. The van der Waals surface area contributed by atoms with E-state index in [0.717, 1.165) is 24.0 Å². The molecule has 1 aliphatic rings. The van der Waals surface area contributed by atoms with Crippen molar-refractivity contribution in [3.8, 4) is 5.75 Å². The minimum atomic E-state index is -3.80. The van der Waals surface area contributed by atoms with E-state index in [-0.39, 0.29) is 16.2 Å². The Morgan fingerprint density at radius 1 is 1.10 bits per heavy atom. The van der Waals surface area contributed by atoms with Crippen LogP contribution in [0.2, 0.25) is 0 Å². The second-order valence-electron chi connectivity index (χ2n) is 7.35. The number of anilines is 1. The van der Waals surface area contributed by atoms with Gasteiger partial charge in [0.15, 0.2) is 6.61 Å². The molecule has 2 aromatic carbocycles. The van der Waals surface area contributed by atoms with Gasteiger partial charge in [-0.25, -0.2) is 13.2 Å². The van der Waals surface area contributed by atoms with E-state index in [1.54, 1.807) is 6.07 Å². The molecule has 1 saturated heterocycles. The third kappa shape index (κ3) is 5.05. The average Bonchev–Trinajstić information content (AvgIpc) is 3.30.